The van der Waals surface area contributed by atoms with Crippen molar-refractivity contribution in [2.45, 2.75) is 53.0 Å². The van der Waals surface area contributed by atoms with Crippen molar-refractivity contribution in [3.8, 4) is 0 Å². The fourth-order valence-electron chi connectivity index (χ4n) is 2.40. The molecule has 6 heteroatoms. The van der Waals surface area contributed by atoms with Gasteiger partial charge in [0.15, 0.2) is 0 Å². The van der Waals surface area contributed by atoms with Crippen molar-refractivity contribution < 1.29 is 4.79 Å². The van der Waals surface area contributed by atoms with Crippen LogP contribution in [0.15, 0.2) is 24.3 Å². The standard InChI is InChI=1S/C18H25N5O/c1-4-8-17(24)20-14-10-7-9-13(11-14)12-19-18-21-15(5-2)16(6-3)22-23-18/h7,9-11H,4-6,8,12H2,1-3H3,(H,20,24)(H,19,21,23). The number of carbonyl (C=O) groups excluding carboxylic acids is 1. The van der Waals surface area contributed by atoms with Crippen molar-refractivity contribution in [3.63, 3.8) is 0 Å². The fraction of sp³-hybridized carbons (Fsp3) is 0.444. The molecule has 0 bridgehead atoms. The smallest absolute Gasteiger partial charge is 0.243 e. The summed E-state index contributed by atoms with van der Waals surface area (Å²) in [6, 6.07) is 7.77. The number of aryl methyl sites for hydroxylation is 2. The Hall–Kier alpha value is -2.50. The first kappa shape index (κ1) is 17.8. The number of benzene rings is 1. The number of anilines is 2. The molecule has 2 rings (SSSR count). The second-order valence-electron chi connectivity index (χ2n) is 5.59. The molecule has 0 spiro atoms. The number of hydrogen-bond acceptors (Lipinski definition) is 5. The van der Waals surface area contributed by atoms with Gasteiger partial charge in [-0.05, 0) is 37.0 Å². The maximum Gasteiger partial charge on any atom is 0.243 e. The van der Waals surface area contributed by atoms with E-state index in [2.05, 4.69) is 39.7 Å². The summed E-state index contributed by atoms with van der Waals surface area (Å²) in [6.07, 6.45) is 3.05. The number of nitrogens with one attached hydrogen (secondary N) is 2. The number of aromatic nitrogens is 3. The number of nitrogens with zero attached hydrogens (tertiary/aromatic N) is 3. The van der Waals surface area contributed by atoms with Gasteiger partial charge in [-0.1, -0.05) is 32.9 Å². The van der Waals surface area contributed by atoms with Gasteiger partial charge < -0.3 is 10.6 Å². The minimum Gasteiger partial charge on any atom is -0.349 e. The first-order chi connectivity index (χ1) is 11.7. The van der Waals surface area contributed by atoms with E-state index >= 15 is 0 Å². The molecule has 0 aliphatic rings. The average Bonchev–Trinajstić information content (AvgIpc) is 2.60. The molecular weight excluding hydrogens is 302 g/mol. The van der Waals surface area contributed by atoms with Crippen LogP contribution in [0.3, 0.4) is 0 Å². The molecule has 0 aliphatic carbocycles. The zero-order chi connectivity index (χ0) is 17.4. The van der Waals surface area contributed by atoms with E-state index in [1.807, 2.05) is 31.2 Å². The molecule has 2 N–H and O–H groups in total. The Morgan fingerprint density at radius 2 is 1.88 bits per heavy atom. The van der Waals surface area contributed by atoms with Crippen LogP contribution in [0.1, 0.15) is 50.6 Å². The number of amides is 1. The second-order valence-corrected chi connectivity index (χ2v) is 5.59. The van der Waals surface area contributed by atoms with Crippen LogP contribution < -0.4 is 10.6 Å². The largest absolute Gasteiger partial charge is 0.349 e. The molecular formula is C18H25N5O. The molecule has 1 aromatic carbocycles. The molecule has 24 heavy (non-hydrogen) atoms. The SMILES string of the molecule is CCCC(=O)Nc1cccc(CNc2nnc(CC)c(CC)n2)c1. The molecule has 128 valence electrons. The van der Waals surface area contributed by atoms with Crippen molar-refractivity contribution in [2.75, 3.05) is 10.6 Å². The van der Waals surface area contributed by atoms with Crippen LogP contribution in [-0.2, 0) is 24.2 Å². The third kappa shape index (κ3) is 5.01. The monoisotopic (exact) mass is 327 g/mol. The first-order valence-corrected chi connectivity index (χ1v) is 8.51. The van der Waals surface area contributed by atoms with E-state index in [1.165, 1.54) is 0 Å². The average molecular weight is 327 g/mol. The summed E-state index contributed by atoms with van der Waals surface area (Å²) in [5.41, 5.74) is 3.78. The van der Waals surface area contributed by atoms with Crippen LogP contribution >= 0.6 is 0 Å². The molecule has 0 fully saturated rings. The number of hydrogen-bond donors (Lipinski definition) is 2. The summed E-state index contributed by atoms with van der Waals surface area (Å²) < 4.78 is 0. The lowest BCUT2D eigenvalue weighted by atomic mass is 10.2. The van der Waals surface area contributed by atoms with E-state index in [9.17, 15) is 4.79 Å². The summed E-state index contributed by atoms with van der Waals surface area (Å²) in [5, 5.41) is 14.5. The van der Waals surface area contributed by atoms with Gasteiger partial charge in [0.05, 0.1) is 11.4 Å². The van der Waals surface area contributed by atoms with Crippen molar-refractivity contribution in [1.82, 2.24) is 15.2 Å². The number of carbonyl (C=O) groups is 1. The van der Waals surface area contributed by atoms with Gasteiger partial charge in [0.25, 0.3) is 0 Å². The lowest BCUT2D eigenvalue weighted by molar-refractivity contribution is -0.116. The van der Waals surface area contributed by atoms with Crippen molar-refractivity contribution in [3.05, 3.63) is 41.2 Å². The quantitative estimate of drug-likeness (QED) is 0.777. The Balaban J connectivity index is 2.00. The summed E-state index contributed by atoms with van der Waals surface area (Å²) in [7, 11) is 0. The predicted molar refractivity (Wildman–Crippen MR) is 95.9 cm³/mol. The summed E-state index contributed by atoms with van der Waals surface area (Å²) in [5.74, 6) is 0.572. The van der Waals surface area contributed by atoms with E-state index < -0.39 is 0 Å². The molecule has 1 heterocycles. The lowest BCUT2D eigenvalue weighted by Gasteiger charge is -2.09. The van der Waals surface area contributed by atoms with Gasteiger partial charge in [-0.2, -0.15) is 5.10 Å². The highest BCUT2D eigenvalue weighted by Gasteiger charge is 2.06. The van der Waals surface area contributed by atoms with Crippen LogP contribution in [0.5, 0.6) is 0 Å². The Bertz CT molecular complexity index is 687. The van der Waals surface area contributed by atoms with Crippen LogP contribution in [0.4, 0.5) is 11.6 Å². The molecule has 0 aliphatic heterocycles. The third-order valence-corrected chi connectivity index (χ3v) is 3.65. The van der Waals surface area contributed by atoms with E-state index in [0.29, 0.717) is 18.9 Å². The van der Waals surface area contributed by atoms with E-state index in [1.54, 1.807) is 0 Å². The minimum atomic E-state index is 0.0397. The topological polar surface area (TPSA) is 79.8 Å². The third-order valence-electron chi connectivity index (χ3n) is 3.65. The highest BCUT2D eigenvalue weighted by atomic mass is 16.1. The van der Waals surface area contributed by atoms with Gasteiger partial charge in [-0.25, -0.2) is 4.98 Å². The first-order valence-electron chi connectivity index (χ1n) is 8.51. The second kappa shape index (κ2) is 8.96. The fourth-order valence-corrected chi connectivity index (χ4v) is 2.40. The molecule has 1 aromatic heterocycles. The highest BCUT2D eigenvalue weighted by molar-refractivity contribution is 5.90. The molecule has 0 unspecified atom stereocenters. The summed E-state index contributed by atoms with van der Waals surface area (Å²) in [4.78, 5) is 16.2. The van der Waals surface area contributed by atoms with Crippen LogP contribution in [0.2, 0.25) is 0 Å². The van der Waals surface area contributed by atoms with E-state index in [4.69, 9.17) is 0 Å². The normalized spacial score (nSPS) is 10.5. The van der Waals surface area contributed by atoms with Crippen LogP contribution in [0.25, 0.3) is 0 Å². The van der Waals surface area contributed by atoms with Gasteiger partial charge in [0.1, 0.15) is 0 Å². The molecule has 0 atom stereocenters. The molecule has 1 amide bonds. The van der Waals surface area contributed by atoms with Crippen LogP contribution in [0, 0.1) is 0 Å². The molecule has 0 saturated heterocycles. The van der Waals surface area contributed by atoms with E-state index in [-0.39, 0.29) is 5.91 Å². The zero-order valence-electron chi connectivity index (χ0n) is 14.6. The molecule has 2 aromatic rings. The zero-order valence-corrected chi connectivity index (χ0v) is 14.6. The predicted octanol–water partition coefficient (Wildman–Crippen LogP) is 3.35. The van der Waals surface area contributed by atoms with Crippen molar-refractivity contribution in [2.24, 2.45) is 0 Å². The maximum atomic E-state index is 11.7. The Labute approximate surface area is 143 Å². The Morgan fingerprint density at radius 3 is 2.58 bits per heavy atom. The lowest BCUT2D eigenvalue weighted by Crippen LogP contribution is -2.11. The van der Waals surface area contributed by atoms with Crippen LogP contribution in [-0.4, -0.2) is 21.1 Å². The van der Waals surface area contributed by atoms with Gasteiger partial charge in [0, 0.05) is 18.7 Å². The maximum absolute atomic E-state index is 11.7. The Morgan fingerprint density at radius 1 is 1.08 bits per heavy atom. The van der Waals surface area contributed by atoms with Gasteiger partial charge in [-0.15, -0.1) is 5.10 Å². The highest BCUT2D eigenvalue weighted by Crippen LogP contribution is 2.13. The van der Waals surface area contributed by atoms with Gasteiger partial charge in [0.2, 0.25) is 11.9 Å². The van der Waals surface area contributed by atoms with Gasteiger partial charge >= 0.3 is 0 Å². The number of rotatable bonds is 8. The van der Waals surface area contributed by atoms with Gasteiger partial charge in [-0.3, -0.25) is 4.79 Å². The summed E-state index contributed by atoms with van der Waals surface area (Å²) in [6.45, 7) is 6.68. The summed E-state index contributed by atoms with van der Waals surface area (Å²) >= 11 is 0. The van der Waals surface area contributed by atoms with Crippen molar-refractivity contribution in [1.29, 1.82) is 0 Å². The molecule has 6 nitrogen and oxygen atoms in total. The minimum absolute atomic E-state index is 0.0397. The molecule has 0 radical (unpaired) electrons. The molecule has 0 saturated carbocycles. The van der Waals surface area contributed by atoms with Crippen molar-refractivity contribution >= 4 is 17.5 Å². The van der Waals surface area contributed by atoms with E-state index in [0.717, 1.165) is 41.9 Å². The Kier molecular flexibility index (Phi) is 6.66.